The molecule has 30 heavy (non-hydrogen) atoms. The second-order valence-electron chi connectivity index (χ2n) is 6.77. The molecule has 0 saturated carbocycles. The zero-order valence-electron chi connectivity index (χ0n) is 16.7. The second-order valence-corrected chi connectivity index (χ2v) is 8.52. The molecular formula is C23H24N2O4S. The first-order valence-electron chi connectivity index (χ1n) is 9.52. The SMILES string of the molecule is CS(=O)(=O)Nc1ccccc1CC(=O)NCCOc1ccccc1-c1ccccc1. The van der Waals surface area contributed by atoms with Gasteiger partial charge in [-0.15, -0.1) is 0 Å². The lowest BCUT2D eigenvalue weighted by Gasteiger charge is -2.13. The van der Waals surface area contributed by atoms with Crippen LogP contribution in [0.3, 0.4) is 0 Å². The van der Waals surface area contributed by atoms with Gasteiger partial charge in [-0.25, -0.2) is 8.42 Å². The quantitative estimate of drug-likeness (QED) is 0.515. The molecule has 1 amide bonds. The van der Waals surface area contributed by atoms with Crippen LogP contribution in [0.15, 0.2) is 78.9 Å². The number of carbonyl (C=O) groups is 1. The van der Waals surface area contributed by atoms with Gasteiger partial charge in [0.2, 0.25) is 15.9 Å². The van der Waals surface area contributed by atoms with Crippen LogP contribution in [0.25, 0.3) is 11.1 Å². The fourth-order valence-electron chi connectivity index (χ4n) is 3.01. The highest BCUT2D eigenvalue weighted by molar-refractivity contribution is 7.92. The number of para-hydroxylation sites is 2. The van der Waals surface area contributed by atoms with E-state index in [4.69, 9.17) is 4.74 Å². The van der Waals surface area contributed by atoms with Crippen molar-refractivity contribution in [3.05, 3.63) is 84.4 Å². The maximum absolute atomic E-state index is 12.3. The summed E-state index contributed by atoms with van der Waals surface area (Å²) in [6.45, 7) is 0.655. The van der Waals surface area contributed by atoms with Crippen molar-refractivity contribution in [1.82, 2.24) is 5.32 Å². The van der Waals surface area contributed by atoms with Gasteiger partial charge in [-0.1, -0.05) is 66.7 Å². The molecule has 0 fully saturated rings. The highest BCUT2D eigenvalue weighted by Gasteiger charge is 2.11. The Bertz CT molecular complexity index is 1100. The molecule has 7 heteroatoms. The van der Waals surface area contributed by atoms with Crippen LogP contribution >= 0.6 is 0 Å². The van der Waals surface area contributed by atoms with E-state index in [0.717, 1.165) is 23.1 Å². The van der Waals surface area contributed by atoms with Crippen LogP contribution in [0.4, 0.5) is 5.69 Å². The maximum Gasteiger partial charge on any atom is 0.229 e. The van der Waals surface area contributed by atoms with E-state index in [1.807, 2.05) is 54.6 Å². The molecule has 0 saturated heterocycles. The average molecular weight is 425 g/mol. The fraction of sp³-hybridized carbons (Fsp3) is 0.174. The molecule has 0 unspecified atom stereocenters. The van der Waals surface area contributed by atoms with E-state index in [1.54, 1.807) is 24.3 Å². The summed E-state index contributed by atoms with van der Waals surface area (Å²) in [4.78, 5) is 12.3. The summed E-state index contributed by atoms with van der Waals surface area (Å²) in [5.41, 5.74) is 3.07. The van der Waals surface area contributed by atoms with Crippen molar-refractivity contribution in [2.45, 2.75) is 6.42 Å². The molecule has 0 heterocycles. The third kappa shape index (κ3) is 6.35. The van der Waals surface area contributed by atoms with Gasteiger partial charge in [0.1, 0.15) is 12.4 Å². The van der Waals surface area contributed by atoms with Gasteiger partial charge < -0.3 is 10.1 Å². The fourth-order valence-corrected chi connectivity index (χ4v) is 3.61. The highest BCUT2D eigenvalue weighted by Crippen LogP contribution is 2.29. The number of anilines is 1. The minimum absolute atomic E-state index is 0.0687. The first-order chi connectivity index (χ1) is 14.4. The Morgan fingerprint density at radius 2 is 1.57 bits per heavy atom. The van der Waals surface area contributed by atoms with Gasteiger partial charge >= 0.3 is 0 Å². The van der Waals surface area contributed by atoms with Crippen LogP contribution < -0.4 is 14.8 Å². The summed E-state index contributed by atoms with van der Waals surface area (Å²) >= 11 is 0. The van der Waals surface area contributed by atoms with E-state index >= 15 is 0 Å². The van der Waals surface area contributed by atoms with E-state index < -0.39 is 10.0 Å². The summed E-state index contributed by atoms with van der Waals surface area (Å²) in [5, 5.41) is 2.81. The molecule has 0 aliphatic heterocycles. The molecule has 0 spiro atoms. The first-order valence-corrected chi connectivity index (χ1v) is 11.4. The topological polar surface area (TPSA) is 84.5 Å². The van der Waals surface area contributed by atoms with E-state index in [9.17, 15) is 13.2 Å². The van der Waals surface area contributed by atoms with Gasteiger partial charge in [-0.2, -0.15) is 0 Å². The lowest BCUT2D eigenvalue weighted by Crippen LogP contribution is -2.29. The van der Waals surface area contributed by atoms with E-state index in [1.165, 1.54) is 0 Å². The number of carbonyl (C=O) groups excluding carboxylic acids is 1. The van der Waals surface area contributed by atoms with E-state index in [2.05, 4.69) is 10.0 Å². The van der Waals surface area contributed by atoms with Crippen molar-refractivity contribution in [2.75, 3.05) is 24.1 Å². The number of ether oxygens (including phenoxy) is 1. The van der Waals surface area contributed by atoms with Gasteiger partial charge in [-0.3, -0.25) is 9.52 Å². The van der Waals surface area contributed by atoms with Gasteiger partial charge in [-0.05, 0) is 23.3 Å². The number of hydrogen-bond donors (Lipinski definition) is 2. The molecule has 2 N–H and O–H groups in total. The molecule has 0 aromatic heterocycles. The number of nitrogens with one attached hydrogen (secondary N) is 2. The monoisotopic (exact) mass is 424 g/mol. The van der Waals surface area contributed by atoms with E-state index in [0.29, 0.717) is 24.4 Å². The predicted molar refractivity (Wildman–Crippen MR) is 119 cm³/mol. The van der Waals surface area contributed by atoms with Crippen molar-refractivity contribution in [1.29, 1.82) is 0 Å². The Hall–Kier alpha value is -3.32. The Labute approximate surface area is 177 Å². The number of hydrogen-bond acceptors (Lipinski definition) is 4. The highest BCUT2D eigenvalue weighted by atomic mass is 32.2. The molecule has 0 atom stereocenters. The van der Waals surface area contributed by atoms with Gasteiger partial charge in [0.25, 0.3) is 0 Å². The largest absolute Gasteiger partial charge is 0.491 e. The lowest BCUT2D eigenvalue weighted by atomic mass is 10.1. The zero-order valence-corrected chi connectivity index (χ0v) is 17.5. The summed E-state index contributed by atoms with van der Waals surface area (Å²) in [6.07, 6.45) is 1.15. The second kappa shape index (κ2) is 9.93. The Balaban J connectivity index is 1.53. The normalized spacial score (nSPS) is 11.0. The number of benzene rings is 3. The molecule has 0 radical (unpaired) electrons. The van der Waals surface area contributed by atoms with Crippen molar-refractivity contribution in [3.8, 4) is 16.9 Å². The standard InChI is InChI=1S/C23H24N2O4S/c1-30(27,28)25-21-13-7-5-11-19(21)17-23(26)24-15-16-29-22-14-8-6-12-20(22)18-9-3-2-4-10-18/h2-14,25H,15-17H2,1H3,(H,24,26). The van der Waals surface area contributed by atoms with Gasteiger partial charge in [0, 0.05) is 5.56 Å². The minimum atomic E-state index is -3.42. The van der Waals surface area contributed by atoms with Crippen molar-refractivity contribution >= 4 is 21.6 Å². The summed E-state index contributed by atoms with van der Waals surface area (Å²) in [7, 11) is -3.42. The average Bonchev–Trinajstić information content (AvgIpc) is 2.72. The molecule has 3 aromatic carbocycles. The molecule has 156 valence electrons. The van der Waals surface area contributed by atoms with Crippen LogP contribution in [0.5, 0.6) is 5.75 Å². The molecule has 3 rings (SSSR count). The number of sulfonamides is 1. The molecule has 6 nitrogen and oxygen atoms in total. The van der Waals surface area contributed by atoms with Crippen LogP contribution in [0.2, 0.25) is 0 Å². The van der Waals surface area contributed by atoms with Crippen LogP contribution in [-0.4, -0.2) is 33.7 Å². The number of rotatable bonds is 9. The predicted octanol–water partition coefficient (Wildman–Crippen LogP) is 3.46. The molecule has 0 bridgehead atoms. The third-order valence-electron chi connectivity index (χ3n) is 4.32. The Kier molecular flexibility index (Phi) is 7.08. The summed E-state index contributed by atoms with van der Waals surface area (Å²) in [6, 6.07) is 24.5. The van der Waals surface area contributed by atoms with Crippen LogP contribution in [-0.2, 0) is 21.2 Å². The van der Waals surface area contributed by atoms with Crippen LogP contribution in [0, 0.1) is 0 Å². The van der Waals surface area contributed by atoms with Gasteiger partial charge in [0.15, 0.2) is 0 Å². The molecule has 3 aromatic rings. The first kappa shape index (κ1) is 21.4. The number of amides is 1. The summed E-state index contributed by atoms with van der Waals surface area (Å²) in [5.74, 6) is 0.540. The van der Waals surface area contributed by atoms with Gasteiger partial charge in [0.05, 0.1) is 24.9 Å². The molecule has 0 aliphatic carbocycles. The third-order valence-corrected chi connectivity index (χ3v) is 4.91. The zero-order chi connectivity index (χ0) is 21.4. The maximum atomic E-state index is 12.3. The van der Waals surface area contributed by atoms with E-state index in [-0.39, 0.29) is 12.3 Å². The minimum Gasteiger partial charge on any atom is -0.491 e. The van der Waals surface area contributed by atoms with Crippen molar-refractivity contribution < 1.29 is 17.9 Å². The Morgan fingerprint density at radius 1 is 0.900 bits per heavy atom. The van der Waals surface area contributed by atoms with Crippen LogP contribution in [0.1, 0.15) is 5.56 Å². The van der Waals surface area contributed by atoms with Crippen molar-refractivity contribution in [2.24, 2.45) is 0 Å². The molecule has 0 aliphatic rings. The van der Waals surface area contributed by atoms with Crippen molar-refractivity contribution in [3.63, 3.8) is 0 Å². The smallest absolute Gasteiger partial charge is 0.229 e. The molecular weight excluding hydrogens is 400 g/mol. The summed E-state index contributed by atoms with van der Waals surface area (Å²) < 4.78 is 31.3. The lowest BCUT2D eigenvalue weighted by molar-refractivity contribution is -0.120. The Morgan fingerprint density at radius 3 is 2.33 bits per heavy atom.